The Morgan fingerprint density at radius 2 is 1.88 bits per heavy atom. The number of fused-ring (bicyclic) bond motifs is 1. The summed E-state index contributed by atoms with van der Waals surface area (Å²) in [5.41, 5.74) is 1.75. The molecule has 1 N–H and O–H groups in total. The van der Waals surface area contributed by atoms with Crippen molar-refractivity contribution in [3.63, 3.8) is 0 Å². The number of rotatable bonds is 0. The molecule has 0 unspecified atom stereocenters. The average Bonchev–Trinajstić information content (AvgIpc) is 2.17. The Bertz CT molecular complexity index is 640. The summed E-state index contributed by atoms with van der Waals surface area (Å²) in [6.07, 6.45) is 0. The van der Waals surface area contributed by atoms with Gasteiger partial charge >= 0.3 is 0 Å². The van der Waals surface area contributed by atoms with Gasteiger partial charge in [0.05, 0.1) is 5.52 Å². The Hall–Kier alpha value is -0.550. The lowest BCUT2D eigenvalue weighted by molar-refractivity contribution is 0.571. The number of hydrogen-bond donors (Lipinski definition) is 1. The number of pyridine rings is 1. The molecule has 0 bridgehead atoms. The number of halogens is 2. The maximum absolute atomic E-state index is 12.1. The third-order valence-electron chi connectivity index (χ3n) is 2.66. The highest BCUT2D eigenvalue weighted by Crippen LogP contribution is 2.25. The van der Waals surface area contributed by atoms with Crippen LogP contribution in [0.2, 0.25) is 5.02 Å². The van der Waals surface area contributed by atoms with Crippen LogP contribution in [-0.2, 0) is 5.41 Å². The number of aromatic nitrogens is 1. The third-order valence-corrected chi connectivity index (χ3v) is 3.73. The second-order valence-corrected chi connectivity index (χ2v) is 6.71. The van der Waals surface area contributed by atoms with Crippen LogP contribution in [0.1, 0.15) is 26.5 Å². The van der Waals surface area contributed by atoms with Crippen molar-refractivity contribution in [2.45, 2.75) is 26.2 Å². The minimum Gasteiger partial charge on any atom is -0.357 e. The molecule has 0 aliphatic carbocycles. The SMILES string of the molecule is CC(C)(C)c1cc(=O)c2cc(Cl)cc(I)c2[nH]1. The first kappa shape index (κ1) is 12.9. The molecule has 2 nitrogen and oxygen atoms in total. The summed E-state index contributed by atoms with van der Waals surface area (Å²) in [4.78, 5) is 15.4. The monoisotopic (exact) mass is 361 g/mol. The fourth-order valence-electron chi connectivity index (χ4n) is 1.68. The highest BCUT2D eigenvalue weighted by molar-refractivity contribution is 14.1. The number of benzene rings is 1. The van der Waals surface area contributed by atoms with Crippen molar-refractivity contribution in [3.05, 3.63) is 42.7 Å². The maximum Gasteiger partial charge on any atom is 0.189 e. The lowest BCUT2D eigenvalue weighted by atomic mass is 9.91. The molecule has 0 atom stereocenters. The van der Waals surface area contributed by atoms with Gasteiger partial charge in [0.25, 0.3) is 0 Å². The molecule has 0 fully saturated rings. The standard InChI is InChI=1S/C13H13ClINO/c1-13(2,3)11-6-10(17)8-4-7(14)5-9(15)12(8)16-11/h4-6H,1-3H3,(H,16,17). The van der Waals surface area contributed by atoms with E-state index in [4.69, 9.17) is 11.6 Å². The summed E-state index contributed by atoms with van der Waals surface area (Å²) < 4.78 is 0.966. The Kier molecular flexibility index (Phi) is 3.25. The minimum atomic E-state index is -0.0733. The first-order valence-electron chi connectivity index (χ1n) is 5.31. The van der Waals surface area contributed by atoms with E-state index in [1.807, 2.05) is 6.07 Å². The van der Waals surface area contributed by atoms with Crippen molar-refractivity contribution in [3.8, 4) is 0 Å². The van der Waals surface area contributed by atoms with Crippen LogP contribution in [0, 0.1) is 3.57 Å². The van der Waals surface area contributed by atoms with E-state index in [1.54, 1.807) is 12.1 Å². The van der Waals surface area contributed by atoms with Gasteiger partial charge in [0.1, 0.15) is 0 Å². The third kappa shape index (κ3) is 2.50. The molecule has 0 radical (unpaired) electrons. The van der Waals surface area contributed by atoms with Crippen molar-refractivity contribution in [2.24, 2.45) is 0 Å². The Balaban J connectivity index is 2.88. The Morgan fingerprint density at radius 3 is 2.47 bits per heavy atom. The second-order valence-electron chi connectivity index (χ2n) is 5.11. The summed E-state index contributed by atoms with van der Waals surface area (Å²) in [6, 6.07) is 5.23. The van der Waals surface area contributed by atoms with Gasteiger partial charge in [-0.2, -0.15) is 0 Å². The van der Waals surface area contributed by atoms with Gasteiger partial charge in [-0.15, -0.1) is 0 Å². The Labute approximate surface area is 119 Å². The normalized spacial score (nSPS) is 12.1. The zero-order chi connectivity index (χ0) is 12.8. The predicted molar refractivity (Wildman–Crippen MR) is 81.0 cm³/mol. The van der Waals surface area contributed by atoms with Gasteiger partial charge in [0.2, 0.25) is 0 Å². The van der Waals surface area contributed by atoms with E-state index in [2.05, 4.69) is 48.3 Å². The second kappa shape index (κ2) is 4.28. The van der Waals surface area contributed by atoms with E-state index < -0.39 is 0 Å². The number of aromatic amines is 1. The lowest BCUT2D eigenvalue weighted by Crippen LogP contribution is -2.17. The molecule has 90 valence electrons. The van der Waals surface area contributed by atoms with Crippen molar-refractivity contribution < 1.29 is 0 Å². The number of hydrogen-bond acceptors (Lipinski definition) is 1. The Morgan fingerprint density at radius 1 is 1.24 bits per heavy atom. The van der Waals surface area contributed by atoms with Crippen LogP contribution in [-0.4, -0.2) is 4.98 Å². The average molecular weight is 362 g/mol. The number of H-pyrrole nitrogens is 1. The van der Waals surface area contributed by atoms with E-state index in [1.165, 1.54) is 0 Å². The topological polar surface area (TPSA) is 32.9 Å². The minimum absolute atomic E-state index is 0.0177. The zero-order valence-corrected chi connectivity index (χ0v) is 12.8. The van der Waals surface area contributed by atoms with Crippen LogP contribution in [0.25, 0.3) is 10.9 Å². The molecule has 0 saturated heterocycles. The molecule has 0 spiro atoms. The fourth-order valence-corrected chi connectivity index (χ4v) is 2.84. The zero-order valence-electron chi connectivity index (χ0n) is 9.90. The highest BCUT2D eigenvalue weighted by Gasteiger charge is 2.17. The van der Waals surface area contributed by atoms with Crippen molar-refractivity contribution >= 4 is 45.1 Å². The molecule has 1 aromatic heterocycles. The molecule has 1 aromatic carbocycles. The van der Waals surface area contributed by atoms with E-state index in [0.717, 1.165) is 14.8 Å². The molecule has 0 saturated carbocycles. The molecule has 4 heteroatoms. The molecule has 17 heavy (non-hydrogen) atoms. The van der Waals surface area contributed by atoms with E-state index in [-0.39, 0.29) is 10.8 Å². The predicted octanol–water partition coefficient (Wildman–Crippen LogP) is 4.08. The van der Waals surface area contributed by atoms with Crippen LogP contribution >= 0.6 is 34.2 Å². The van der Waals surface area contributed by atoms with Crippen LogP contribution in [0.15, 0.2) is 23.0 Å². The number of nitrogens with one attached hydrogen (secondary N) is 1. The molecule has 2 rings (SSSR count). The lowest BCUT2D eigenvalue weighted by Gasteiger charge is -2.19. The molecule has 2 aromatic rings. The summed E-state index contributed by atoms with van der Waals surface area (Å²) in [7, 11) is 0. The first-order valence-corrected chi connectivity index (χ1v) is 6.77. The molecular weight excluding hydrogens is 349 g/mol. The van der Waals surface area contributed by atoms with Gasteiger partial charge < -0.3 is 4.98 Å². The van der Waals surface area contributed by atoms with Crippen molar-refractivity contribution in [2.75, 3.05) is 0 Å². The van der Waals surface area contributed by atoms with Gasteiger partial charge in [0.15, 0.2) is 5.43 Å². The van der Waals surface area contributed by atoms with Crippen molar-refractivity contribution in [1.82, 2.24) is 4.98 Å². The molecule has 0 aliphatic rings. The van der Waals surface area contributed by atoms with Crippen molar-refractivity contribution in [1.29, 1.82) is 0 Å². The van der Waals surface area contributed by atoms with E-state index in [0.29, 0.717) is 10.4 Å². The van der Waals surface area contributed by atoms with E-state index >= 15 is 0 Å². The smallest absolute Gasteiger partial charge is 0.189 e. The summed E-state index contributed by atoms with van der Waals surface area (Å²) in [5.74, 6) is 0. The van der Waals surface area contributed by atoms with Gasteiger partial charge in [-0.05, 0) is 34.7 Å². The highest BCUT2D eigenvalue weighted by atomic mass is 127. The fraction of sp³-hybridized carbons (Fsp3) is 0.308. The quantitative estimate of drug-likeness (QED) is 0.705. The summed E-state index contributed by atoms with van der Waals surface area (Å²) >= 11 is 8.16. The van der Waals surface area contributed by atoms with Gasteiger partial charge in [-0.1, -0.05) is 32.4 Å². The molecule has 0 amide bonds. The van der Waals surface area contributed by atoms with Crippen LogP contribution in [0.3, 0.4) is 0 Å². The van der Waals surface area contributed by atoms with Crippen LogP contribution < -0.4 is 5.43 Å². The van der Waals surface area contributed by atoms with Gasteiger partial charge in [0, 0.05) is 31.2 Å². The first-order chi connectivity index (χ1) is 7.79. The van der Waals surface area contributed by atoms with Gasteiger partial charge in [-0.3, -0.25) is 4.79 Å². The van der Waals surface area contributed by atoms with Crippen LogP contribution in [0.5, 0.6) is 0 Å². The van der Waals surface area contributed by atoms with Gasteiger partial charge in [-0.25, -0.2) is 0 Å². The summed E-state index contributed by atoms with van der Waals surface area (Å²) in [6.45, 7) is 6.23. The molecule has 1 heterocycles. The summed E-state index contributed by atoms with van der Waals surface area (Å²) in [5, 5.41) is 1.24. The van der Waals surface area contributed by atoms with Crippen LogP contribution in [0.4, 0.5) is 0 Å². The molecule has 0 aliphatic heterocycles. The largest absolute Gasteiger partial charge is 0.357 e. The maximum atomic E-state index is 12.1. The van der Waals surface area contributed by atoms with E-state index in [9.17, 15) is 4.79 Å². The molecular formula is C13H13ClINO.